The fourth-order valence-corrected chi connectivity index (χ4v) is 10.4. The quantitative estimate of drug-likeness (QED) is 0.0956. The Hall–Kier alpha value is -9.23. The van der Waals surface area contributed by atoms with Crippen LogP contribution in [-0.2, 0) is 0 Å². The van der Waals surface area contributed by atoms with Gasteiger partial charge in [-0.05, 0) is 151 Å². The highest BCUT2D eigenvalue weighted by Crippen LogP contribution is 2.48. The van der Waals surface area contributed by atoms with Crippen molar-refractivity contribution in [2.75, 3.05) is 26.7 Å². The summed E-state index contributed by atoms with van der Waals surface area (Å²) in [6.45, 7) is 0. The lowest BCUT2D eigenvalue weighted by molar-refractivity contribution is 0.416. The monoisotopic (exact) mass is 960 g/mol. The first-order chi connectivity index (χ1) is 36.2. The Morgan fingerprint density at radius 3 is 0.918 bits per heavy atom. The Morgan fingerprint density at radius 2 is 0.548 bits per heavy atom. The molecular weight excluding hydrogens is 909 g/mol. The van der Waals surface area contributed by atoms with Gasteiger partial charge in [0.2, 0.25) is 0 Å². The largest absolute Gasteiger partial charge is 0.496 e. The van der Waals surface area contributed by atoms with E-state index in [0.29, 0.717) is 0 Å². The fraction of sp³-hybridized carbons (Fsp3) is 0.0149. The molecule has 0 saturated heterocycles. The number of ether oxygens (including phenoxy) is 1. The first-order valence-electron chi connectivity index (χ1n) is 24.4. The Bertz CT molecular complexity index is 3310. The molecule has 0 N–H and O–H groups in total. The highest BCUT2D eigenvalue weighted by molar-refractivity contribution is 7.99. The summed E-state index contributed by atoms with van der Waals surface area (Å²) in [5.74, 6) is 0.819. The molecular formula is C67H52N4OS. The minimum atomic E-state index is 0.819. The van der Waals surface area contributed by atoms with E-state index in [1.165, 1.54) is 0 Å². The summed E-state index contributed by atoms with van der Waals surface area (Å²) in [6.07, 6.45) is 0. The van der Waals surface area contributed by atoms with E-state index in [1.54, 1.807) is 18.9 Å². The molecule has 0 heterocycles. The van der Waals surface area contributed by atoms with Crippen molar-refractivity contribution in [1.29, 1.82) is 0 Å². The Labute approximate surface area is 433 Å². The minimum absolute atomic E-state index is 0.819. The molecule has 0 spiro atoms. The molecule has 0 fully saturated rings. The van der Waals surface area contributed by atoms with E-state index >= 15 is 0 Å². The third-order valence-corrected chi connectivity index (χ3v) is 13.6. The summed E-state index contributed by atoms with van der Waals surface area (Å²) in [7, 11) is 1.74. The van der Waals surface area contributed by atoms with Gasteiger partial charge in [0.1, 0.15) is 5.75 Å². The van der Waals surface area contributed by atoms with Crippen LogP contribution in [0.1, 0.15) is 0 Å². The molecule has 11 aromatic rings. The molecule has 0 unspecified atom stereocenters. The second-order valence-electron chi connectivity index (χ2n) is 17.4. The zero-order chi connectivity index (χ0) is 49.2. The second-order valence-corrected chi connectivity index (χ2v) is 18.6. The van der Waals surface area contributed by atoms with Gasteiger partial charge < -0.3 is 24.3 Å². The average molecular weight is 961 g/mol. The smallest absolute Gasteiger partial charge is 0.126 e. The van der Waals surface area contributed by atoms with E-state index in [-0.39, 0.29) is 0 Å². The van der Waals surface area contributed by atoms with Crippen LogP contribution >= 0.6 is 11.8 Å². The van der Waals surface area contributed by atoms with Crippen LogP contribution in [0, 0.1) is 0 Å². The SMILES string of the molecule is COc1ccccc1-c1cc(Sc2cccc(N(c3ccccc3)c3cc(N(c4ccccc4)c4ccccc4)cc(N(c4ccccc4)c4ccccc4)c3)c2)cc(N(c2ccccc2)c2ccccc2)c1. The molecule has 0 saturated carbocycles. The van der Waals surface area contributed by atoms with Crippen LogP contribution in [0.2, 0.25) is 0 Å². The molecule has 0 amide bonds. The lowest BCUT2D eigenvalue weighted by Gasteiger charge is -2.33. The van der Waals surface area contributed by atoms with Crippen LogP contribution in [0.15, 0.2) is 307 Å². The van der Waals surface area contributed by atoms with Crippen molar-refractivity contribution in [1.82, 2.24) is 0 Å². The molecule has 0 atom stereocenters. The number of nitrogens with zero attached hydrogens (tertiary/aromatic N) is 4. The molecule has 0 aliphatic rings. The summed E-state index contributed by atoms with van der Waals surface area (Å²) in [6, 6.07) is 105. The fourth-order valence-electron chi connectivity index (χ4n) is 9.43. The normalized spacial score (nSPS) is 10.9. The Morgan fingerprint density at radius 1 is 0.247 bits per heavy atom. The number of benzene rings is 11. The highest BCUT2D eigenvalue weighted by atomic mass is 32.2. The summed E-state index contributed by atoms with van der Waals surface area (Å²) < 4.78 is 5.97. The maximum Gasteiger partial charge on any atom is 0.126 e. The van der Waals surface area contributed by atoms with Crippen LogP contribution < -0.4 is 24.3 Å². The highest BCUT2D eigenvalue weighted by Gasteiger charge is 2.23. The van der Waals surface area contributed by atoms with Gasteiger partial charge in [0.05, 0.1) is 24.2 Å². The van der Waals surface area contributed by atoms with Crippen molar-refractivity contribution in [3.8, 4) is 16.9 Å². The maximum atomic E-state index is 5.97. The molecule has 0 radical (unpaired) electrons. The zero-order valence-electron chi connectivity index (χ0n) is 40.4. The van der Waals surface area contributed by atoms with Gasteiger partial charge in [0.15, 0.2) is 0 Å². The molecule has 73 heavy (non-hydrogen) atoms. The lowest BCUT2D eigenvalue weighted by atomic mass is 10.0. The Kier molecular flexibility index (Phi) is 13.8. The van der Waals surface area contributed by atoms with E-state index in [9.17, 15) is 0 Å². The van der Waals surface area contributed by atoms with Crippen LogP contribution in [0.3, 0.4) is 0 Å². The summed E-state index contributed by atoms with van der Waals surface area (Å²) in [5.41, 5.74) is 14.6. The third kappa shape index (κ3) is 10.3. The van der Waals surface area contributed by atoms with Gasteiger partial charge in [0.25, 0.3) is 0 Å². The number of hydrogen-bond acceptors (Lipinski definition) is 6. The molecule has 0 bridgehead atoms. The van der Waals surface area contributed by atoms with Crippen LogP contribution in [0.25, 0.3) is 11.1 Å². The van der Waals surface area contributed by atoms with E-state index < -0.39 is 0 Å². The Balaban J connectivity index is 1.09. The summed E-state index contributed by atoms with van der Waals surface area (Å²) in [5, 5.41) is 0. The molecule has 11 aromatic carbocycles. The van der Waals surface area contributed by atoms with Gasteiger partial charge in [-0.2, -0.15) is 0 Å². The number of anilines is 12. The van der Waals surface area contributed by atoms with E-state index in [1.807, 2.05) is 12.1 Å². The second kappa shape index (κ2) is 21.8. The molecule has 352 valence electrons. The topological polar surface area (TPSA) is 22.2 Å². The summed E-state index contributed by atoms with van der Waals surface area (Å²) in [4.78, 5) is 11.6. The number of methoxy groups -OCH3 is 1. The molecule has 11 rings (SSSR count). The predicted octanol–water partition coefficient (Wildman–Crippen LogP) is 19.4. The first kappa shape index (κ1) is 46.2. The van der Waals surface area contributed by atoms with Crippen LogP contribution in [-0.4, -0.2) is 7.11 Å². The van der Waals surface area contributed by atoms with E-state index in [4.69, 9.17) is 4.74 Å². The van der Waals surface area contributed by atoms with Crippen molar-refractivity contribution in [3.05, 3.63) is 297 Å². The lowest BCUT2D eigenvalue weighted by Crippen LogP contribution is -2.16. The third-order valence-electron chi connectivity index (χ3n) is 12.6. The van der Waals surface area contributed by atoms with E-state index in [0.717, 1.165) is 94.9 Å². The standard InChI is InChI=1S/C67H52N4OS/c1-72-67-43-24-23-42-66(67)51-44-60(68(52-26-9-2-10-27-52)53-28-11-3-12-29-53)50-65(45-51)73-64-41-25-40-59(49-64)71(58-38-21-8-22-39-58)63-47-61(69(54-30-13-4-14-31-54)55-32-15-5-16-33-55)46-62(48-63)70(56-34-17-6-18-35-56)57-36-19-7-20-37-57/h2-50H,1H3. The van der Waals surface area contributed by atoms with Crippen molar-refractivity contribution < 1.29 is 4.74 Å². The van der Waals surface area contributed by atoms with Crippen molar-refractivity contribution in [2.24, 2.45) is 0 Å². The molecule has 6 heteroatoms. The van der Waals surface area contributed by atoms with E-state index in [2.05, 4.69) is 305 Å². The van der Waals surface area contributed by atoms with Crippen molar-refractivity contribution in [3.63, 3.8) is 0 Å². The van der Waals surface area contributed by atoms with Crippen molar-refractivity contribution >= 4 is 80.0 Å². The maximum absolute atomic E-state index is 5.97. The number of para-hydroxylation sites is 8. The average Bonchev–Trinajstić information content (AvgIpc) is 3.45. The van der Waals surface area contributed by atoms with Gasteiger partial charge in [-0.15, -0.1) is 0 Å². The molecule has 5 nitrogen and oxygen atoms in total. The summed E-state index contributed by atoms with van der Waals surface area (Å²) >= 11 is 1.75. The van der Waals surface area contributed by atoms with Gasteiger partial charge in [0, 0.05) is 66.5 Å². The van der Waals surface area contributed by atoms with Crippen molar-refractivity contribution in [2.45, 2.75) is 9.79 Å². The predicted molar refractivity (Wildman–Crippen MR) is 308 cm³/mol. The van der Waals surface area contributed by atoms with Crippen LogP contribution in [0.5, 0.6) is 5.75 Å². The van der Waals surface area contributed by atoms with Gasteiger partial charge in [-0.1, -0.05) is 163 Å². The molecule has 0 aliphatic carbocycles. The minimum Gasteiger partial charge on any atom is -0.496 e. The van der Waals surface area contributed by atoms with Gasteiger partial charge in [-0.25, -0.2) is 0 Å². The van der Waals surface area contributed by atoms with Crippen LogP contribution in [0.4, 0.5) is 68.2 Å². The molecule has 0 aromatic heterocycles. The molecule has 0 aliphatic heterocycles. The number of hydrogen-bond donors (Lipinski definition) is 0. The zero-order valence-corrected chi connectivity index (χ0v) is 41.2. The van der Waals surface area contributed by atoms with Gasteiger partial charge in [-0.3, -0.25) is 0 Å². The number of rotatable bonds is 16. The van der Waals surface area contributed by atoms with Gasteiger partial charge >= 0.3 is 0 Å². The first-order valence-corrected chi connectivity index (χ1v) is 25.3.